The SMILES string of the molecule is CCC(CC)(C[AsH2])OC(CC)(CC)C[AsH2]. The topological polar surface area (TPSA) is 9.23 Å². The normalized spacial score (nSPS) is 13.2. The van der Waals surface area contributed by atoms with E-state index in [2.05, 4.69) is 27.7 Å². The molecule has 92 valence electrons. The molecule has 0 N–H and O–H groups in total. The third kappa shape index (κ3) is 4.10. The Bertz CT molecular complexity index is 128. The van der Waals surface area contributed by atoms with Gasteiger partial charge in [0.1, 0.15) is 0 Å². The standard InChI is InChI=1S/C12H28As2O/c1-5-11(6-2,9-13)15-12(7-3,8-4)10-14/h5-10,13-14H2,1-4H3. The Balaban J connectivity index is 4.74. The van der Waals surface area contributed by atoms with E-state index in [1.165, 1.54) is 10.4 Å². The molecule has 0 bridgehead atoms. The summed E-state index contributed by atoms with van der Waals surface area (Å²) >= 11 is 3.60. The van der Waals surface area contributed by atoms with E-state index in [4.69, 9.17) is 4.74 Å². The van der Waals surface area contributed by atoms with Crippen LogP contribution < -0.4 is 0 Å². The molecule has 2 unspecified atom stereocenters. The van der Waals surface area contributed by atoms with Crippen molar-refractivity contribution >= 4 is 33.7 Å². The number of hydrogen-bond donors (Lipinski definition) is 0. The molecule has 0 rings (SSSR count). The number of ether oxygens (including phenoxy) is 1. The van der Waals surface area contributed by atoms with Gasteiger partial charge in [0, 0.05) is 0 Å². The molecule has 0 saturated carbocycles. The summed E-state index contributed by atoms with van der Waals surface area (Å²) in [4.78, 5) is 0. The second-order valence-electron chi connectivity index (χ2n) is 4.29. The van der Waals surface area contributed by atoms with Crippen molar-refractivity contribution in [1.82, 2.24) is 0 Å². The molecule has 15 heavy (non-hydrogen) atoms. The molecule has 0 amide bonds. The summed E-state index contributed by atoms with van der Waals surface area (Å²) < 4.78 is 6.55. The molecule has 1 nitrogen and oxygen atoms in total. The van der Waals surface area contributed by atoms with Crippen LogP contribution in [0.4, 0.5) is 0 Å². The van der Waals surface area contributed by atoms with E-state index in [1.807, 2.05) is 0 Å². The zero-order valence-electron chi connectivity index (χ0n) is 10.8. The fourth-order valence-corrected chi connectivity index (χ4v) is 4.68. The molecule has 0 aliphatic rings. The minimum atomic E-state index is 0.151. The molecule has 0 heterocycles. The second kappa shape index (κ2) is 7.41. The molecule has 0 spiro atoms. The van der Waals surface area contributed by atoms with Gasteiger partial charge in [0.25, 0.3) is 0 Å². The molecule has 0 saturated heterocycles. The van der Waals surface area contributed by atoms with Crippen molar-refractivity contribution in [2.75, 3.05) is 0 Å². The Kier molecular flexibility index (Phi) is 7.94. The average Bonchev–Trinajstić information content (AvgIpc) is 2.33. The zero-order valence-corrected chi connectivity index (χ0v) is 15.7. The number of rotatable bonds is 8. The fraction of sp³-hybridized carbons (Fsp3) is 1.00. The molecule has 0 aromatic heterocycles. The maximum atomic E-state index is 6.55. The summed E-state index contributed by atoms with van der Waals surface area (Å²) in [6, 6.07) is 0. The van der Waals surface area contributed by atoms with Gasteiger partial charge >= 0.3 is 113 Å². The molecule has 0 fully saturated rings. The first kappa shape index (κ1) is 16.1. The van der Waals surface area contributed by atoms with E-state index >= 15 is 0 Å². The van der Waals surface area contributed by atoms with Crippen LogP contribution in [0.1, 0.15) is 53.4 Å². The van der Waals surface area contributed by atoms with Gasteiger partial charge < -0.3 is 0 Å². The Morgan fingerprint density at radius 3 is 1.13 bits per heavy atom. The van der Waals surface area contributed by atoms with Crippen molar-refractivity contribution in [2.24, 2.45) is 0 Å². The van der Waals surface area contributed by atoms with Gasteiger partial charge in [-0.2, -0.15) is 0 Å². The van der Waals surface area contributed by atoms with Gasteiger partial charge in [-0.1, -0.05) is 0 Å². The number of hydrogen-bond acceptors (Lipinski definition) is 1. The summed E-state index contributed by atoms with van der Waals surface area (Å²) in [5, 5.41) is 2.39. The predicted molar refractivity (Wildman–Crippen MR) is 74.4 cm³/mol. The fourth-order valence-electron chi connectivity index (χ4n) is 1.91. The first-order valence-electron chi connectivity index (χ1n) is 6.17. The third-order valence-electron chi connectivity index (χ3n) is 3.75. The average molecular weight is 338 g/mol. The third-order valence-corrected chi connectivity index (χ3v) is 6.88. The van der Waals surface area contributed by atoms with Gasteiger partial charge in [0.05, 0.1) is 0 Å². The van der Waals surface area contributed by atoms with Crippen molar-refractivity contribution in [2.45, 2.75) is 75.0 Å². The molecule has 0 aliphatic heterocycles. The van der Waals surface area contributed by atoms with E-state index in [-0.39, 0.29) is 11.2 Å². The summed E-state index contributed by atoms with van der Waals surface area (Å²) in [6.07, 6.45) is 4.60. The van der Waals surface area contributed by atoms with Crippen LogP contribution >= 0.6 is 0 Å². The van der Waals surface area contributed by atoms with E-state index in [0.29, 0.717) is 0 Å². The Labute approximate surface area is 113 Å². The van der Waals surface area contributed by atoms with E-state index in [0.717, 1.165) is 25.7 Å². The van der Waals surface area contributed by atoms with Crippen LogP contribution in [-0.4, -0.2) is 44.9 Å². The van der Waals surface area contributed by atoms with Crippen molar-refractivity contribution in [3.8, 4) is 0 Å². The van der Waals surface area contributed by atoms with E-state index < -0.39 is 0 Å². The van der Waals surface area contributed by atoms with Crippen LogP contribution in [0.2, 0.25) is 10.4 Å². The summed E-state index contributed by atoms with van der Waals surface area (Å²) in [5.41, 5.74) is 0.302. The molecule has 0 radical (unpaired) electrons. The summed E-state index contributed by atoms with van der Waals surface area (Å²) in [7, 11) is 0. The van der Waals surface area contributed by atoms with Crippen molar-refractivity contribution in [1.29, 1.82) is 0 Å². The van der Waals surface area contributed by atoms with Gasteiger partial charge in [-0.05, 0) is 0 Å². The van der Waals surface area contributed by atoms with Crippen LogP contribution in [0.15, 0.2) is 0 Å². The van der Waals surface area contributed by atoms with Crippen LogP contribution in [0, 0.1) is 0 Å². The Morgan fingerprint density at radius 1 is 0.733 bits per heavy atom. The molecular formula is C12H28As2O. The Morgan fingerprint density at radius 2 is 1.00 bits per heavy atom. The quantitative estimate of drug-likeness (QED) is 0.617. The van der Waals surface area contributed by atoms with Crippen LogP contribution in [0.5, 0.6) is 0 Å². The van der Waals surface area contributed by atoms with Crippen LogP contribution in [0.25, 0.3) is 0 Å². The molecule has 0 aliphatic carbocycles. The van der Waals surface area contributed by atoms with Gasteiger partial charge in [-0.3, -0.25) is 0 Å². The molecule has 0 aromatic rings. The van der Waals surface area contributed by atoms with Crippen molar-refractivity contribution < 1.29 is 4.74 Å². The maximum absolute atomic E-state index is 6.55. The second-order valence-corrected chi connectivity index (χ2v) is 6.00. The van der Waals surface area contributed by atoms with Gasteiger partial charge in [-0.25, -0.2) is 0 Å². The zero-order chi connectivity index (χ0) is 11.9. The monoisotopic (exact) mass is 338 g/mol. The van der Waals surface area contributed by atoms with Crippen molar-refractivity contribution in [3.05, 3.63) is 0 Å². The molecular weight excluding hydrogens is 310 g/mol. The van der Waals surface area contributed by atoms with Gasteiger partial charge in [-0.15, -0.1) is 0 Å². The molecule has 3 heteroatoms. The van der Waals surface area contributed by atoms with Crippen molar-refractivity contribution in [3.63, 3.8) is 0 Å². The first-order valence-corrected chi connectivity index (χ1v) is 9.60. The van der Waals surface area contributed by atoms with Gasteiger partial charge in [0.15, 0.2) is 0 Å². The van der Waals surface area contributed by atoms with Crippen LogP contribution in [0.3, 0.4) is 0 Å². The predicted octanol–water partition coefficient (Wildman–Crippen LogP) is 2.22. The summed E-state index contributed by atoms with van der Waals surface area (Å²) in [5.74, 6) is 0. The van der Waals surface area contributed by atoms with Crippen LogP contribution in [-0.2, 0) is 4.74 Å². The van der Waals surface area contributed by atoms with Gasteiger partial charge in [0.2, 0.25) is 0 Å². The Hall–Kier alpha value is 1.08. The molecule has 0 aromatic carbocycles. The first-order chi connectivity index (χ1) is 7.07. The molecule has 2 atom stereocenters. The summed E-state index contributed by atoms with van der Waals surface area (Å²) in [6.45, 7) is 9.06. The van der Waals surface area contributed by atoms with E-state index in [9.17, 15) is 0 Å². The minimum absolute atomic E-state index is 0.151. The van der Waals surface area contributed by atoms with E-state index in [1.54, 1.807) is 33.7 Å².